The minimum absolute atomic E-state index is 0.179. The van der Waals surface area contributed by atoms with E-state index in [2.05, 4.69) is 21.2 Å². The average molecular weight is 348 g/mol. The van der Waals surface area contributed by atoms with Crippen LogP contribution in [-0.2, 0) is 0 Å². The lowest BCUT2D eigenvalue weighted by atomic mass is 10.1. The van der Waals surface area contributed by atoms with E-state index in [1.807, 2.05) is 19.1 Å². The van der Waals surface area contributed by atoms with E-state index in [-0.39, 0.29) is 11.5 Å². The summed E-state index contributed by atoms with van der Waals surface area (Å²) in [5.41, 5.74) is 2.61. The van der Waals surface area contributed by atoms with Crippen molar-refractivity contribution in [2.24, 2.45) is 0 Å². The molecule has 0 spiro atoms. The number of halogens is 1. The number of carboxylic acid groups (broad SMARTS) is 1. The van der Waals surface area contributed by atoms with Gasteiger partial charge in [0.2, 0.25) is 0 Å². The maximum Gasteiger partial charge on any atom is 0.336 e. The van der Waals surface area contributed by atoms with E-state index in [0.29, 0.717) is 16.8 Å². The van der Waals surface area contributed by atoms with Gasteiger partial charge in [0.1, 0.15) is 0 Å². The van der Waals surface area contributed by atoms with Crippen LogP contribution in [0.3, 0.4) is 0 Å². The van der Waals surface area contributed by atoms with Gasteiger partial charge in [0.15, 0.2) is 0 Å². The smallest absolute Gasteiger partial charge is 0.336 e. The van der Waals surface area contributed by atoms with Crippen LogP contribution in [0.15, 0.2) is 40.9 Å². The minimum atomic E-state index is -1.01. The Morgan fingerprint density at radius 3 is 2.48 bits per heavy atom. The third kappa shape index (κ3) is 3.31. The Hall–Kier alpha value is -2.14. The van der Waals surface area contributed by atoms with E-state index in [4.69, 9.17) is 5.11 Å². The van der Waals surface area contributed by atoms with Crippen molar-refractivity contribution in [3.05, 3.63) is 63.1 Å². The molecule has 4 nitrogen and oxygen atoms in total. The molecule has 108 valence electrons. The molecule has 0 fully saturated rings. The van der Waals surface area contributed by atoms with Crippen LogP contribution < -0.4 is 5.32 Å². The lowest BCUT2D eigenvalue weighted by molar-refractivity contribution is 0.0695. The Balaban J connectivity index is 2.34. The van der Waals surface area contributed by atoms with Crippen LogP contribution in [-0.4, -0.2) is 17.0 Å². The zero-order valence-electron chi connectivity index (χ0n) is 11.6. The summed E-state index contributed by atoms with van der Waals surface area (Å²) in [5.74, 6) is -1.28. The van der Waals surface area contributed by atoms with Crippen molar-refractivity contribution in [1.29, 1.82) is 0 Å². The lowest BCUT2D eigenvalue weighted by Crippen LogP contribution is -2.15. The van der Waals surface area contributed by atoms with Gasteiger partial charge < -0.3 is 10.4 Å². The summed E-state index contributed by atoms with van der Waals surface area (Å²) in [6.07, 6.45) is 0. The molecule has 0 saturated heterocycles. The first-order valence-corrected chi connectivity index (χ1v) is 7.10. The van der Waals surface area contributed by atoms with Gasteiger partial charge in [0.25, 0.3) is 5.91 Å². The zero-order valence-corrected chi connectivity index (χ0v) is 13.2. The summed E-state index contributed by atoms with van der Waals surface area (Å²) < 4.78 is 0.814. The number of benzene rings is 2. The predicted octanol–water partition coefficient (Wildman–Crippen LogP) is 4.02. The Bertz CT molecular complexity index is 725. The summed E-state index contributed by atoms with van der Waals surface area (Å²) in [7, 11) is 0. The highest BCUT2D eigenvalue weighted by atomic mass is 79.9. The predicted molar refractivity (Wildman–Crippen MR) is 85.0 cm³/mol. The molecule has 0 radical (unpaired) electrons. The fourth-order valence-corrected chi connectivity index (χ4v) is 2.39. The SMILES string of the molecule is Cc1ccc(Br)cc1C(=O)Nc1cccc(C(=O)O)c1C. The number of aryl methyl sites for hydroxylation is 1. The van der Waals surface area contributed by atoms with E-state index in [1.165, 1.54) is 6.07 Å². The summed E-state index contributed by atoms with van der Waals surface area (Å²) in [5, 5.41) is 11.9. The van der Waals surface area contributed by atoms with E-state index in [1.54, 1.807) is 25.1 Å². The third-order valence-corrected chi connectivity index (χ3v) is 3.75. The molecule has 0 aliphatic heterocycles. The van der Waals surface area contributed by atoms with Gasteiger partial charge in [-0.05, 0) is 49.2 Å². The molecule has 1 amide bonds. The largest absolute Gasteiger partial charge is 0.478 e. The fourth-order valence-electron chi connectivity index (χ4n) is 2.03. The molecule has 0 bridgehead atoms. The van der Waals surface area contributed by atoms with Crippen molar-refractivity contribution >= 4 is 33.5 Å². The van der Waals surface area contributed by atoms with Crippen LogP contribution in [0.4, 0.5) is 5.69 Å². The van der Waals surface area contributed by atoms with Crippen molar-refractivity contribution in [2.45, 2.75) is 13.8 Å². The number of nitrogens with one attached hydrogen (secondary N) is 1. The van der Waals surface area contributed by atoms with Gasteiger partial charge in [-0.1, -0.05) is 28.1 Å². The number of carbonyl (C=O) groups is 2. The van der Waals surface area contributed by atoms with Crippen LogP contribution in [0, 0.1) is 13.8 Å². The number of hydrogen-bond acceptors (Lipinski definition) is 2. The number of carboxylic acids is 1. The lowest BCUT2D eigenvalue weighted by Gasteiger charge is -2.12. The molecule has 0 aliphatic carbocycles. The summed E-state index contributed by atoms with van der Waals surface area (Å²) >= 11 is 3.34. The van der Waals surface area contributed by atoms with Gasteiger partial charge in [0, 0.05) is 15.7 Å². The molecule has 0 aliphatic rings. The second-order valence-corrected chi connectivity index (χ2v) is 5.61. The van der Waals surface area contributed by atoms with Crippen molar-refractivity contribution in [3.63, 3.8) is 0 Å². The third-order valence-electron chi connectivity index (χ3n) is 3.26. The van der Waals surface area contributed by atoms with Crippen molar-refractivity contribution in [2.75, 3.05) is 5.32 Å². The van der Waals surface area contributed by atoms with E-state index in [9.17, 15) is 9.59 Å². The summed E-state index contributed by atoms with van der Waals surface area (Å²) in [6, 6.07) is 10.3. The highest BCUT2D eigenvalue weighted by molar-refractivity contribution is 9.10. The first-order valence-electron chi connectivity index (χ1n) is 6.30. The number of anilines is 1. The first kappa shape index (κ1) is 15.3. The molecular weight excluding hydrogens is 334 g/mol. The Labute approximate surface area is 130 Å². The maximum atomic E-state index is 12.3. The maximum absolute atomic E-state index is 12.3. The highest BCUT2D eigenvalue weighted by Gasteiger charge is 2.14. The standard InChI is InChI=1S/C16H14BrNO3/c1-9-6-7-11(17)8-13(9)15(19)18-14-5-3-4-12(10(14)2)16(20)21/h3-8H,1-2H3,(H,18,19)(H,20,21). The molecule has 0 saturated carbocycles. The molecule has 0 aromatic heterocycles. The first-order chi connectivity index (χ1) is 9.90. The van der Waals surface area contributed by atoms with Gasteiger partial charge in [-0.15, -0.1) is 0 Å². The average Bonchev–Trinajstić information content (AvgIpc) is 2.43. The van der Waals surface area contributed by atoms with Crippen LogP contribution in [0.1, 0.15) is 31.8 Å². The molecule has 0 heterocycles. The molecule has 0 unspecified atom stereocenters. The molecule has 5 heteroatoms. The normalized spacial score (nSPS) is 10.2. The Morgan fingerprint density at radius 1 is 1.10 bits per heavy atom. The second-order valence-electron chi connectivity index (χ2n) is 4.70. The number of aromatic carboxylic acids is 1. The topological polar surface area (TPSA) is 66.4 Å². The van der Waals surface area contributed by atoms with Crippen molar-refractivity contribution in [1.82, 2.24) is 0 Å². The van der Waals surface area contributed by atoms with Crippen LogP contribution >= 0.6 is 15.9 Å². The molecular formula is C16H14BrNO3. The monoisotopic (exact) mass is 347 g/mol. The van der Waals surface area contributed by atoms with Gasteiger partial charge in [-0.25, -0.2) is 4.79 Å². The van der Waals surface area contributed by atoms with E-state index >= 15 is 0 Å². The van der Waals surface area contributed by atoms with E-state index < -0.39 is 5.97 Å². The van der Waals surface area contributed by atoms with Gasteiger partial charge in [-0.2, -0.15) is 0 Å². The zero-order chi connectivity index (χ0) is 15.6. The molecule has 2 rings (SSSR count). The van der Waals surface area contributed by atoms with Crippen LogP contribution in [0.25, 0.3) is 0 Å². The van der Waals surface area contributed by atoms with Gasteiger partial charge >= 0.3 is 5.97 Å². The number of rotatable bonds is 3. The van der Waals surface area contributed by atoms with Gasteiger partial charge in [0.05, 0.1) is 5.56 Å². The quantitative estimate of drug-likeness (QED) is 0.881. The molecule has 0 atom stereocenters. The molecule has 2 aromatic carbocycles. The fraction of sp³-hybridized carbons (Fsp3) is 0.125. The minimum Gasteiger partial charge on any atom is -0.478 e. The van der Waals surface area contributed by atoms with E-state index in [0.717, 1.165) is 10.0 Å². The molecule has 21 heavy (non-hydrogen) atoms. The molecule has 2 N–H and O–H groups in total. The highest BCUT2D eigenvalue weighted by Crippen LogP contribution is 2.22. The molecule has 2 aromatic rings. The Morgan fingerprint density at radius 2 is 1.81 bits per heavy atom. The summed E-state index contributed by atoms with van der Waals surface area (Å²) in [4.78, 5) is 23.5. The van der Waals surface area contributed by atoms with Gasteiger partial charge in [-0.3, -0.25) is 4.79 Å². The van der Waals surface area contributed by atoms with Crippen molar-refractivity contribution in [3.8, 4) is 0 Å². The van der Waals surface area contributed by atoms with Crippen LogP contribution in [0.2, 0.25) is 0 Å². The van der Waals surface area contributed by atoms with Crippen molar-refractivity contribution < 1.29 is 14.7 Å². The number of hydrogen-bond donors (Lipinski definition) is 2. The second kappa shape index (κ2) is 6.10. The number of carbonyl (C=O) groups excluding carboxylic acids is 1. The Kier molecular flexibility index (Phi) is 4.43. The number of amides is 1. The summed E-state index contributed by atoms with van der Waals surface area (Å²) in [6.45, 7) is 3.52. The van der Waals surface area contributed by atoms with Crippen LogP contribution in [0.5, 0.6) is 0 Å².